The zero-order valence-electron chi connectivity index (χ0n) is 19.2. The van der Waals surface area contributed by atoms with E-state index in [0.29, 0.717) is 29.8 Å². The van der Waals surface area contributed by atoms with Crippen molar-refractivity contribution in [3.63, 3.8) is 0 Å². The van der Waals surface area contributed by atoms with E-state index in [0.717, 1.165) is 18.7 Å². The van der Waals surface area contributed by atoms with E-state index in [-0.39, 0.29) is 12.1 Å². The molecule has 0 radical (unpaired) electrons. The van der Waals surface area contributed by atoms with Gasteiger partial charge in [0.25, 0.3) is 5.91 Å². The molecular weight excluding hydrogens is 426 g/mol. The highest BCUT2D eigenvalue weighted by Gasteiger charge is 2.37. The van der Waals surface area contributed by atoms with Gasteiger partial charge in [0, 0.05) is 11.7 Å². The van der Waals surface area contributed by atoms with E-state index in [1.54, 1.807) is 12.1 Å². The van der Waals surface area contributed by atoms with Gasteiger partial charge in [0.1, 0.15) is 0 Å². The number of nitrogens with one attached hydrogen (secondary N) is 1. The quantitative estimate of drug-likeness (QED) is 0.390. The predicted molar refractivity (Wildman–Crippen MR) is 127 cm³/mol. The third kappa shape index (κ3) is 5.46. The van der Waals surface area contributed by atoms with Gasteiger partial charge in [0.15, 0.2) is 0 Å². The van der Waals surface area contributed by atoms with Gasteiger partial charge in [-0.25, -0.2) is 14.3 Å². The molecule has 0 bridgehead atoms. The second-order valence-corrected chi connectivity index (χ2v) is 11.4. The van der Waals surface area contributed by atoms with Crippen LogP contribution in [0.3, 0.4) is 0 Å². The summed E-state index contributed by atoms with van der Waals surface area (Å²) in [5.74, 6) is 4.72. The molecule has 0 atom stereocenters. The first kappa shape index (κ1) is 24.2. The molecule has 0 saturated carbocycles. The first-order valence-corrected chi connectivity index (χ1v) is 12.3. The number of amides is 1. The molecule has 2 heterocycles. The number of hydrazine groups is 1. The highest BCUT2D eigenvalue weighted by molar-refractivity contribution is 7.93. The third-order valence-electron chi connectivity index (χ3n) is 5.93. The lowest BCUT2D eigenvalue weighted by Crippen LogP contribution is -2.50. The molecule has 0 spiro atoms. The van der Waals surface area contributed by atoms with Gasteiger partial charge in [-0.2, -0.15) is 0 Å². The molecule has 174 valence electrons. The lowest BCUT2D eigenvalue weighted by Gasteiger charge is -2.41. The van der Waals surface area contributed by atoms with Gasteiger partial charge < -0.3 is 0 Å². The highest BCUT2D eigenvalue weighted by atomic mass is 32.2. The van der Waals surface area contributed by atoms with Gasteiger partial charge in [-0.15, -0.1) is 0 Å². The summed E-state index contributed by atoms with van der Waals surface area (Å²) in [6, 6.07) is 10.7. The smallest absolute Gasteiger partial charge is 0.266 e. The number of hydrogen-bond acceptors (Lipinski definition) is 6. The molecule has 8 nitrogen and oxygen atoms in total. The number of aromatic nitrogens is 1. The number of aryl methyl sites for hydroxylation is 1. The van der Waals surface area contributed by atoms with Gasteiger partial charge in [0.05, 0.1) is 28.7 Å². The van der Waals surface area contributed by atoms with Crippen LogP contribution in [-0.2, 0) is 16.6 Å². The third-order valence-corrected chi connectivity index (χ3v) is 8.20. The second-order valence-electron chi connectivity index (χ2n) is 9.26. The number of anilines is 1. The van der Waals surface area contributed by atoms with E-state index < -0.39 is 21.2 Å². The fourth-order valence-electron chi connectivity index (χ4n) is 4.00. The van der Waals surface area contributed by atoms with E-state index in [9.17, 15) is 13.2 Å². The average molecular weight is 460 g/mol. The number of rotatable bonds is 6. The van der Waals surface area contributed by atoms with Crippen molar-refractivity contribution in [1.29, 1.82) is 0 Å². The molecule has 1 aromatic carbocycles. The van der Waals surface area contributed by atoms with Crippen LogP contribution in [0.2, 0.25) is 0 Å². The van der Waals surface area contributed by atoms with Crippen molar-refractivity contribution >= 4 is 21.6 Å². The molecule has 32 heavy (non-hydrogen) atoms. The largest absolute Gasteiger partial charge is 0.298 e. The van der Waals surface area contributed by atoms with Gasteiger partial charge in [-0.1, -0.05) is 12.1 Å². The number of sulfonamides is 1. The molecule has 0 aliphatic carbocycles. The predicted octanol–water partition coefficient (Wildman–Crippen LogP) is 2.59. The van der Waals surface area contributed by atoms with Crippen LogP contribution in [-0.4, -0.2) is 48.1 Å². The number of likely N-dealkylation sites (tertiary alicyclic amines) is 1. The number of carbonyl (C=O) groups is 1. The maximum absolute atomic E-state index is 13.8. The minimum absolute atomic E-state index is 0.0203. The summed E-state index contributed by atoms with van der Waals surface area (Å²) in [6.07, 6.45) is 2.58. The van der Waals surface area contributed by atoms with Gasteiger partial charge >= 0.3 is 0 Å². The summed E-state index contributed by atoms with van der Waals surface area (Å²) >= 11 is 0. The minimum Gasteiger partial charge on any atom is -0.298 e. The monoisotopic (exact) mass is 459 g/mol. The van der Waals surface area contributed by atoms with E-state index in [4.69, 9.17) is 5.84 Å². The maximum atomic E-state index is 13.8. The fraction of sp³-hybridized carbons (Fsp3) is 0.478. The van der Waals surface area contributed by atoms with Crippen LogP contribution < -0.4 is 15.6 Å². The number of benzene rings is 1. The first-order chi connectivity index (χ1) is 15.0. The Morgan fingerprint density at radius 2 is 1.91 bits per heavy atom. The SMILES string of the molecule is Cc1cccc(N(Cc2ccc(C(=O)NN)cn2)S(=O)(=O)C2CCN(C(C)(C)C)CC2)c1. The van der Waals surface area contributed by atoms with Crippen molar-refractivity contribution in [2.24, 2.45) is 5.84 Å². The van der Waals surface area contributed by atoms with E-state index in [1.165, 1.54) is 10.5 Å². The molecule has 1 aliphatic rings. The Kier molecular flexibility index (Phi) is 7.22. The van der Waals surface area contributed by atoms with Crippen LogP contribution in [0, 0.1) is 6.92 Å². The topological polar surface area (TPSA) is 109 Å². The van der Waals surface area contributed by atoms with Crippen molar-refractivity contribution < 1.29 is 13.2 Å². The fourth-order valence-corrected chi connectivity index (χ4v) is 5.88. The summed E-state index contributed by atoms with van der Waals surface area (Å²) in [5.41, 5.74) is 4.55. The molecule has 1 aliphatic heterocycles. The number of carbonyl (C=O) groups excluding carboxylic acids is 1. The summed E-state index contributed by atoms with van der Waals surface area (Å²) in [7, 11) is -3.62. The first-order valence-electron chi connectivity index (χ1n) is 10.8. The number of hydrogen-bond donors (Lipinski definition) is 2. The van der Waals surface area contributed by atoms with Crippen LogP contribution in [0.15, 0.2) is 42.6 Å². The molecule has 1 fully saturated rings. The zero-order valence-corrected chi connectivity index (χ0v) is 20.0. The average Bonchev–Trinajstić information content (AvgIpc) is 2.76. The number of nitrogen functional groups attached to an aromatic ring is 1. The van der Waals surface area contributed by atoms with Crippen LogP contribution in [0.5, 0.6) is 0 Å². The Hall–Kier alpha value is -2.49. The van der Waals surface area contributed by atoms with Crippen molar-refractivity contribution in [1.82, 2.24) is 15.3 Å². The number of piperidine rings is 1. The normalized spacial score (nSPS) is 16.0. The number of nitrogens with two attached hydrogens (primary N) is 1. The van der Waals surface area contributed by atoms with Crippen molar-refractivity contribution in [2.45, 2.75) is 57.9 Å². The van der Waals surface area contributed by atoms with E-state index in [2.05, 4.69) is 36.1 Å². The minimum atomic E-state index is -3.62. The van der Waals surface area contributed by atoms with Crippen molar-refractivity contribution in [3.8, 4) is 0 Å². The molecule has 3 rings (SSSR count). The highest BCUT2D eigenvalue weighted by Crippen LogP contribution is 2.30. The Balaban J connectivity index is 1.89. The molecule has 2 aromatic rings. The Labute approximate surface area is 190 Å². The molecule has 1 saturated heterocycles. The number of nitrogens with zero attached hydrogens (tertiary/aromatic N) is 3. The van der Waals surface area contributed by atoms with E-state index >= 15 is 0 Å². The lowest BCUT2D eigenvalue weighted by molar-refractivity contribution is 0.0953. The maximum Gasteiger partial charge on any atom is 0.266 e. The van der Waals surface area contributed by atoms with Crippen LogP contribution in [0.25, 0.3) is 0 Å². The second kappa shape index (κ2) is 9.56. The van der Waals surface area contributed by atoms with Gasteiger partial charge in [-0.3, -0.25) is 24.4 Å². The Morgan fingerprint density at radius 3 is 2.44 bits per heavy atom. The Bertz CT molecular complexity index is 1040. The summed E-state index contributed by atoms with van der Waals surface area (Å²) in [4.78, 5) is 18.3. The van der Waals surface area contributed by atoms with Gasteiger partial charge in [0.2, 0.25) is 10.0 Å². The molecule has 3 N–H and O–H groups in total. The Morgan fingerprint density at radius 1 is 1.22 bits per heavy atom. The standard InChI is InChI=1S/C23H33N5O3S/c1-17-6-5-7-20(14-17)28(16-19-9-8-18(15-25-19)22(29)26-24)32(30,31)21-10-12-27(13-11-21)23(2,3)4/h5-9,14-15,21H,10-13,16,24H2,1-4H3,(H,26,29). The van der Waals surface area contributed by atoms with Gasteiger partial charge in [-0.05, 0) is 83.5 Å². The lowest BCUT2D eigenvalue weighted by atomic mass is 10.0. The molecule has 9 heteroatoms. The van der Waals surface area contributed by atoms with Crippen LogP contribution in [0.4, 0.5) is 5.69 Å². The van der Waals surface area contributed by atoms with Crippen LogP contribution in [0.1, 0.15) is 55.2 Å². The zero-order chi connectivity index (χ0) is 23.5. The number of pyridine rings is 1. The molecule has 0 unspecified atom stereocenters. The molecule has 1 aromatic heterocycles. The summed E-state index contributed by atoms with van der Waals surface area (Å²) in [6.45, 7) is 9.99. The van der Waals surface area contributed by atoms with E-state index in [1.807, 2.05) is 31.2 Å². The van der Waals surface area contributed by atoms with Crippen molar-refractivity contribution in [2.75, 3.05) is 17.4 Å². The molecular formula is C23H33N5O3S. The van der Waals surface area contributed by atoms with Crippen LogP contribution >= 0.6 is 0 Å². The summed E-state index contributed by atoms with van der Waals surface area (Å²) < 4.78 is 29.0. The molecule has 1 amide bonds. The van der Waals surface area contributed by atoms with Crippen molar-refractivity contribution in [3.05, 3.63) is 59.4 Å². The summed E-state index contributed by atoms with van der Waals surface area (Å²) in [5, 5.41) is -0.455.